The number of carbonyl (C=O) groups is 1. The fraction of sp³-hybridized carbons (Fsp3) is 0.348. The summed E-state index contributed by atoms with van der Waals surface area (Å²) in [5.74, 6) is 1.01. The van der Waals surface area contributed by atoms with Crippen LogP contribution in [0.2, 0.25) is 0 Å². The van der Waals surface area contributed by atoms with Crippen LogP contribution in [0.4, 0.5) is 0 Å². The van der Waals surface area contributed by atoms with E-state index >= 15 is 0 Å². The van der Waals surface area contributed by atoms with E-state index in [0.29, 0.717) is 24.1 Å². The largest absolute Gasteiger partial charge is 0.477 e. The summed E-state index contributed by atoms with van der Waals surface area (Å²) in [5.41, 5.74) is 3.17. The summed E-state index contributed by atoms with van der Waals surface area (Å²) in [6.07, 6.45) is 6.66. The van der Waals surface area contributed by atoms with E-state index in [9.17, 15) is 4.79 Å². The molecule has 3 unspecified atom stereocenters. The van der Waals surface area contributed by atoms with Gasteiger partial charge in [0.05, 0.1) is 6.61 Å². The number of aromatic nitrogens is 3. The second-order valence-electron chi connectivity index (χ2n) is 7.92. The van der Waals surface area contributed by atoms with Crippen LogP contribution in [0.25, 0.3) is 11.3 Å². The van der Waals surface area contributed by atoms with Crippen molar-refractivity contribution in [3.05, 3.63) is 66.2 Å². The Hall–Kier alpha value is -3.15. The van der Waals surface area contributed by atoms with Crippen molar-refractivity contribution in [3.63, 3.8) is 0 Å². The number of ether oxygens (including phenoxy) is 1. The molecule has 2 saturated heterocycles. The van der Waals surface area contributed by atoms with Crippen LogP contribution >= 0.6 is 0 Å². The molecular weight excluding hydrogens is 364 g/mol. The Kier molecular flexibility index (Phi) is 4.54. The molecule has 2 aliphatic rings. The number of aryl methyl sites for hydroxylation is 1. The van der Waals surface area contributed by atoms with Crippen molar-refractivity contribution in [1.29, 1.82) is 0 Å². The van der Waals surface area contributed by atoms with Gasteiger partial charge < -0.3 is 14.6 Å². The highest BCUT2D eigenvalue weighted by Gasteiger charge is 2.49. The van der Waals surface area contributed by atoms with Crippen molar-refractivity contribution in [1.82, 2.24) is 19.9 Å². The van der Waals surface area contributed by atoms with Crippen molar-refractivity contribution in [2.45, 2.75) is 38.3 Å². The van der Waals surface area contributed by atoms with E-state index in [4.69, 9.17) is 4.74 Å². The van der Waals surface area contributed by atoms with Gasteiger partial charge in [-0.05, 0) is 56.5 Å². The Labute approximate surface area is 170 Å². The molecule has 2 aliphatic heterocycles. The lowest BCUT2D eigenvalue weighted by Gasteiger charge is -2.25. The third-order valence-electron chi connectivity index (χ3n) is 6.11. The zero-order valence-corrected chi connectivity index (χ0v) is 16.4. The predicted octanol–water partition coefficient (Wildman–Crippen LogP) is 3.85. The summed E-state index contributed by atoms with van der Waals surface area (Å²) in [6, 6.07) is 14.0. The summed E-state index contributed by atoms with van der Waals surface area (Å²) in [4.78, 5) is 27.7. The van der Waals surface area contributed by atoms with Gasteiger partial charge in [0.1, 0.15) is 5.69 Å². The molecule has 148 valence electrons. The molecule has 2 fully saturated rings. The minimum atomic E-state index is 0.0335. The lowest BCUT2D eigenvalue weighted by atomic mass is 9.90. The average Bonchev–Trinajstić information content (AvgIpc) is 3.49. The smallest absolute Gasteiger partial charge is 0.273 e. The van der Waals surface area contributed by atoms with Gasteiger partial charge in [0.2, 0.25) is 5.88 Å². The number of H-pyrrole nitrogens is 1. The second-order valence-corrected chi connectivity index (χ2v) is 7.92. The van der Waals surface area contributed by atoms with Crippen LogP contribution in [0.15, 0.2) is 54.9 Å². The van der Waals surface area contributed by atoms with E-state index in [1.165, 1.54) is 0 Å². The second kappa shape index (κ2) is 7.35. The molecule has 5 rings (SSSR count). The number of carbonyl (C=O) groups excluding carboxylic acids is 1. The van der Waals surface area contributed by atoms with E-state index in [-0.39, 0.29) is 18.0 Å². The summed E-state index contributed by atoms with van der Waals surface area (Å²) >= 11 is 0. The molecule has 0 saturated carbocycles. The normalized spacial score (nSPS) is 22.8. The molecule has 1 amide bonds. The molecule has 29 heavy (non-hydrogen) atoms. The van der Waals surface area contributed by atoms with Gasteiger partial charge >= 0.3 is 0 Å². The van der Waals surface area contributed by atoms with Crippen LogP contribution in [0.5, 0.6) is 5.88 Å². The van der Waals surface area contributed by atoms with Gasteiger partial charge in [-0.25, -0.2) is 9.97 Å². The number of hydrogen-bond donors (Lipinski definition) is 1. The first-order chi connectivity index (χ1) is 14.2. The first kappa shape index (κ1) is 17.9. The number of fused-ring (bicyclic) bond motifs is 2. The first-order valence-corrected chi connectivity index (χ1v) is 10.2. The van der Waals surface area contributed by atoms with Crippen LogP contribution in [-0.2, 0) is 0 Å². The zero-order valence-electron chi connectivity index (χ0n) is 16.4. The lowest BCUT2D eigenvalue weighted by Crippen LogP contribution is -2.38. The molecule has 0 radical (unpaired) electrons. The number of amides is 1. The standard InChI is InChI=1S/C23H24N4O2/c1-15-7-9-18(19-5-4-12-24-19)22(26-15)23(28)27-17-8-10-20(27)16(13-17)14-29-21-6-2-3-11-25-21/h2-7,9,11-12,16-17,20,24H,8,10,13-14H2,1H3. The van der Waals surface area contributed by atoms with E-state index < -0.39 is 0 Å². The first-order valence-electron chi connectivity index (χ1n) is 10.2. The highest BCUT2D eigenvalue weighted by atomic mass is 16.5. The number of pyridine rings is 2. The van der Waals surface area contributed by atoms with Crippen LogP contribution in [-0.4, -0.2) is 44.4 Å². The number of rotatable bonds is 5. The summed E-state index contributed by atoms with van der Waals surface area (Å²) in [6.45, 7) is 2.52. The maximum absolute atomic E-state index is 13.6. The molecule has 5 heterocycles. The van der Waals surface area contributed by atoms with Crippen molar-refractivity contribution >= 4 is 5.91 Å². The van der Waals surface area contributed by atoms with Gasteiger partial charge in [-0.3, -0.25) is 4.79 Å². The molecule has 6 nitrogen and oxygen atoms in total. The molecule has 0 aliphatic carbocycles. The van der Waals surface area contributed by atoms with Crippen LogP contribution in [0.3, 0.4) is 0 Å². The van der Waals surface area contributed by atoms with Gasteiger partial charge in [-0.2, -0.15) is 0 Å². The Balaban J connectivity index is 1.38. The van der Waals surface area contributed by atoms with Crippen molar-refractivity contribution in [2.75, 3.05) is 6.61 Å². The average molecular weight is 388 g/mol. The molecule has 3 aromatic rings. The molecule has 6 heteroatoms. The van der Waals surface area contributed by atoms with Crippen molar-refractivity contribution in [3.8, 4) is 17.1 Å². The van der Waals surface area contributed by atoms with Gasteiger partial charge in [-0.15, -0.1) is 0 Å². The van der Waals surface area contributed by atoms with Gasteiger partial charge in [0.25, 0.3) is 5.91 Å². The highest BCUT2D eigenvalue weighted by molar-refractivity contribution is 5.99. The quantitative estimate of drug-likeness (QED) is 0.721. The van der Waals surface area contributed by atoms with Crippen LogP contribution in [0, 0.1) is 12.8 Å². The van der Waals surface area contributed by atoms with Gasteiger partial charge in [0, 0.05) is 53.4 Å². The Bertz CT molecular complexity index is 1000. The fourth-order valence-electron chi connectivity index (χ4n) is 4.79. The van der Waals surface area contributed by atoms with Gasteiger partial charge in [-0.1, -0.05) is 6.07 Å². The maximum Gasteiger partial charge on any atom is 0.273 e. The van der Waals surface area contributed by atoms with Crippen molar-refractivity contribution in [2.24, 2.45) is 5.92 Å². The Morgan fingerprint density at radius 2 is 2.14 bits per heavy atom. The molecule has 3 atom stereocenters. The SMILES string of the molecule is Cc1ccc(-c2ccc[nH]2)c(C(=O)N2C3CCC2C(COc2ccccn2)C3)n1. The fourth-order valence-corrected chi connectivity index (χ4v) is 4.79. The Morgan fingerprint density at radius 3 is 2.93 bits per heavy atom. The topological polar surface area (TPSA) is 71.1 Å². The highest BCUT2D eigenvalue weighted by Crippen LogP contribution is 2.43. The van der Waals surface area contributed by atoms with E-state index in [2.05, 4.69) is 19.9 Å². The number of nitrogens with one attached hydrogen (secondary N) is 1. The van der Waals surface area contributed by atoms with Crippen molar-refractivity contribution < 1.29 is 9.53 Å². The molecule has 0 aromatic carbocycles. The molecule has 2 bridgehead atoms. The molecular formula is C23H24N4O2. The molecule has 3 aromatic heterocycles. The predicted molar refractivity (Wildman–Crippen MR) is 110 cm³/mol. The molecule has 1 N–H and O–H groups in total. The lowest BCUT2D eigenvalue weighted by molar-refractivity contribution is 0.0704. The monoisotopic (exact) mass is 388 g/mol. The summed E-state index contributed by atoms with van der Waals surface area (Å²) < 4.78 is 5.91. The number of hydrogen-bond acceptors (Lipinski definition) is 4. The van der Waals surface area contributed by atoms with Crippen LogP contribution in [0.1, 0.15) is 35.4 Å². The Morgan fingerprint density at radius 1 is 1.21 bits per heavy atom. The number of nitrogens with zero attached hydrogens (tertiary/aromatic N) is 3. The van der Waals surface area contributed by atoms with Gasteiger partial charge in [0.15, 0.2) is 0 Å². The minimum Gasteiger partial charge on any atom is -0.477 e. The van der Waals surface area contributed by atoms with E-state index in [0.717, 1.165) is 36.2 Å². The molecule has 0 spiro atoms. The van der Waals surface area contributed by atoms with E-state index in [1.807, 2.05) is 55.6 Å². The minimum absolute atomic E-state index is 0.0335. The summed E-state index contributed by atoms with van der Waals surface area (Å²) in [5, 5.41) is 0. The van der Waals surface area contributed by atoms with Crippen LogP contribution < -0.4 is 4.74 Å². The number of aromatic amines is 1. The maximum atomic E-state index is 13.6. The zero-order chi connectivity index (χ0) is 19.8. The summed E-state index contributed by atoms with van der Waals surface area (Å²) in [7, 11) is 0. The van der Waals surface area contributed by atoms with E-state index in [1.54, 1.807) is 6.20 Å². The third kappa shape index (κ3) is 3.28. The third-order valence-corrected chi connectivity index (χ3v) is 6.11.